The van der Waals surface area contributed by atoms with E-state index < -0.39 is 0 Å². The monoisotopic (exact) mass is 356 g/mol. The molecule has 1 unspecified atom stereocenters. The molecular formula is C18H29ClN2O3. The van der Waals surface area contributed by atoms with Crippen molar-refractivity contribution in [1.29, 1.82) is 0 Å². The number of rotatable bonds is 8. The molecule has 1 amide bonds. The maximum atomic E-state index is 12.1. The van der Waals surface area contributed by atoms with E-state index in [1.54, 1.807) is 7.11 Å². The summed E-state index contributed by atoms with van der Waals surface area (Å²) in [4.78, 5) is 12.1. The van der Waals surface area contributed by atoms with E-state index in [0.717, 1.165) is 29.9 Å². The Morgan fingerprint density at radius 3 is 2.67 bits per heavy atom. The zero-order valence-corrected chi connectivity index (χ0v) is 15.6. The molecule has 5 nitrogen and oxygen atoms in total. The lowest BCUT2D eigenvalue weighted by Crippen LogP contribution is -2.34. The number of halogens is 1. The second kappa shape index (κ2) is 10.4. The van der Waals surface area contributed by atoms with Gasteiger partial charge in [0, 0.05) is 30.6 Å². The molecule has 1 fully saturated rings. The van der Waals surface area contributed by atoms with Gasteiger partial charge in [-0.25, -0.2) is 0 Å². The maximum absolute atomic E-state index is 12.1. The molecule has 0 saturated heterocycles. The van der Waals surface area contributed by atoms with Crippen LogP contribution in [-0.2, 0) is 11.3 Å². The summed E-state index contributed by atoms with van der Waals surface area (Å²) < 4.78 is 11.4. The molecule has 1 aliphatic rings. The van der Waals surface area contributed by atoms with Gasteiger partial charge in [0.2, 0.25) is 5.91 Å². The first-order chi connectivity index (χ1) is 11.1. The Hall–Kier alpha value is -1.46. The maximum Gasteiger partial charge on any atom is 0.224 e. The van der Waals surface area contributed by atoms with Crippen LogP contribution >= 0.6 is 12.4 Å². The van der Waals surface area contributed by atoms with Gasteiger partial charge in [-0.3, -0.25) is 4.79 Å². The van der Waals surface area contributed by atoms with Crippen LogP contribution in [0.1, 0.15) is 38.2 Å². The van der Waals surface area contributed by atoms with Gasteiger partial charge in [0.05, 0.1) is 13.2 Å². The van der Waals surface area contributed by atoms with Gasteiger partial charge in [0.15, 0.2) is 0 Å². The fraction of sp³-hybridized carbons (Fsp3) is 0.611. The molecule has 0 aromatic heterocycles. The number of carbonyl (C=O) groups excluding carboxylic acids is 1. The minimum absolute atomic E-state index is 0. The van der Waals surface area contributed by atoms with Crippen LogP contribution in [0.15, 0.2) is 18.2 Å². The fourth-order valence-electron chi connectivity index (χ4n) is 2.86. The van der Waals surface area contributed by atoms with Crippen molar-refractivity contribution in [3.63, 3.8) is 0 Å². The molecule has 0 spiro atoms. The highest BCUT2D eigenvalue weighted by Gasteiger charge is 2.19. The van der Waals surface area contributed by atoms with Gasteiger partial charge in [0.25, 0.3) is 0 Å². The van der Waals surface area contributed by atoms with Crippen LogP contribution in [0.5, 0.6) is 11.5 Å². The largest absolute Gasteiger partial charge is 0.497 e. The summed E-state index contributed by atoms with van der Waals surface area (Å²) in [6, 6.07) is 5.78. The van der Waals surface area contributed by atoms with Crippen LogP contribution in [0.4, 0.5) is 0 Å². The third kappa shape index (κ3) is 5.87. The lowest BCUT2D eigenvalue weighted by atomic mass is 10.1. The highest BCUT2D eigenvalue weighted by atomic mass is 35.5. The number of benzene rings is 1. The smallest absolute Gasteiger partial charge is 0.224 e. The Kier molecular flexibility index (Phi) is 8.93. The number of hydrogen-bond acceptors (Lipinski definition) is 4. The summed E-state index contributed by atoms with van der Waals surface area (Å²) >= 11 is 0. The molecular weight excluding hydrogens is 328 g/mol. The molecule has 1 aromatic rings. The molecule has 6 heteroatoms. The minimum atomic E-state index is -0.0579. The van der Waals surface area contributed by atoms with E-state index >= 15 is 0 Å². The zero-order valence-electron chi connectivity index (χ0n) is 14.8. The van der Waals surface area contributed by atoms with Crippen LogP contribution in [-0.4, -0.2) is 32.7 Å². The molecule has 1 saturated carbocycles. The minimum Gasteiger partial charge on any atom is -0.497 e. The predicted octanol–water partition coefficient (Wildman–Crippen LogP) is 2.91. The third-order valence-electron chi connectivity index (χ3n) is 4.28. The summed E-state index contributed by atoms with van der Waals surface area (Å²) in [5.74, 6) is 1.58. The first kappa shape index (κ1) is 20.6. The van der Waals surface area contributed by atoms with Crippen molar-refractivity contribution in [3.05, 3.63) is 23.8 Å². The van der Waals surface area contributed by atoms with Crippen molar-refractivity contribution >= 4 is 18.3 Å². The lowest BCUT2D eigenvalue weighted by Gasteiger charge is -2.18. The molecule has 1 atom stereocenters. The Morgan fingerprint density at radius 1 is 1.33 bits per heavy atom. The normalized spacial score (nSPS) is 15.5. The lowest BCUT2D eigenvalue weighted by molar-refractivity contribution is -0.124. The van der Waals surface area contributed by atoms with Gasteiger partial charge in [0.1, 0.15) is 11.5 Å². The van der Waals surface area contributed by atoms with Crippen molar-refractivity contribution in [2.45, 2.75) is 45.3 Å². The highest BCUT2D eigenvalue weighted by molar-refractivity contribution is 5.85. The zero-order chi connectivity index (χ0) is 16.7. The second-order valence-corrected chi connectivity index (χ2v) is 6.17. The molecule has 24 heavy (non-hydrogen) atoms. The summed E-state index contributed by atoms with van der Waals surface area (Å²) in [6.07, 6.45) is 4.93. The topological polar surface area (TPSA) is 59.6 Å². The van der Waals surface area contributed by atoms with Gasteiger partial charge >= 0.3 is 0 Å². The molecule has 0 aliphatic heterocycles. The quantitative estimate of drug-likeness (QED) is 0.752. The van der Waals surface area contributed by atoms with Crippen molar-refractivity contribution in [2.75, 3.05) is 20.7 Å². The first-order valence-electron chi connectivity index (χ1n) is 8.40. The van der Waals surface area contributed by atoms with Crippen LogP contribution < -0.4 is 20.1 Å². The van der Waals surface area contributed by atoms with Gasteiger partial charge < -0.3 is 20.1 Å². The van der Waals surface area contributed by atoms with Crippen LogP contribution in [0.3, 0.4) is 0 Å². The summed E-state index contributed by atoms with van der Waals surface area (Å²) in [5, 5.41) is 6.01. The predicted molar refractivity (Wildman–Crippen MR) is 98.1 cm³/mol. The van der Waals surface area contributed by atoms with E-state index in [4.69, 9.17) is 9.47 Å². The van der Waals surface area contributed by atoms with Crippen molar-refractivity contribution in [1.82, 2.24) is 10.6 Å². The van der Waals surface area contributed by atoms with Crippen LogP contribution in [0, 0.1) is 5.92 Å². The Morgan fingerprint density at radius 2 is 2.04 bits per heavy atom. The number of ether oxygens (including phenoxy) is 2. The van der Waals surface area contributed by atoms with Gasteiger partial charge in [-0.2, -0.15) is 0 Å². The average molecular weight is 357 g/mol. The Labute approximate surface area is 150 Å². The standard InChI is InChI=1S/C18H28N2O3.ClH/c1-13(11-19-2)18(21)20-12-14-8-9-16(22-3)10-17(14)23-15-6-4-5-7-15;/h8-10,13,15,19H,4-7,11-12H2,1-3H3,(H,20,21);1H. The molecule has 0 heterocycles. The van der Waals surface area contributed by atoms with E-state index in [1.165, 1.54) is 12.8 Å². The third-order valence-corrected chi connectivity index (χ3v) is 4.28. The molecule has 0 bridgehead atoms. The number of nitrogens with one attached hydrogen (secondary N) is 2. The van der Waals surface area contributed by atoms with Gasteiger partial charge in [-0.1, -0.05) is 6.92 Å². The first-order valence-corrected chi connectivity index (χ1v) is 8.40. The van der Waals surface area contributed by atoms with Crippen molar-refractivity contribution in [2.24, 2.45) is 5.92 Å². The van der Waals surface area contributed by atoms with E-state index in [9.17, 15) is 4.79 Å². The highest BCUT2D eigenvalue weighted by Crippen LogP contribution is 2.30. The van der Waals surface area contributed by atoms with E-state index in [1.807, 2.05) is 32.2 Å². The molecule has 1 aliphatic carbocycles. The van der Waals surface area contributed by atoms with Gasteiger partial charge in [-0.05, 0) is 44.9 Å². The van der Waals surface area contributed by atoms with E-state index in [0.29, 0.717) is 13.1 Å². The molecule has 136 valence electrons. The second-order valence-electron chi connectivity index (χ2n) is 6.17. The number of carbonyl (C=O) groups is 1. The molecule has 1 aromatic carbocycles. The van der Waals surface area contributed by atoms with Crippen molar-refractivity contribution in [3.8, 4) is 11.5 Å². The molecule has 2 N–H and O–H groups in total. The number of amides is 1. The Bertz CT molecular complexity index is 519. The van der Waals surface area contributed by atoms with Crippen LogP contribution in [0.25, 0.3) is 0 Å². The fourth-order valence-corrected chi connectivity index (χ4v) is 2.86. The molecule has 0 radical (unpaired) electrons. The van der Waals surface area contributed by atoms with Crippen LogP contribution in [0.2, 0.25) is 0 Å². The summed E-state index contributed by atoms with van der Waals surface area (Å²) in [7, 11) is 3.50. The Balaban J connectivity index is 0.00000288. The summed E-state index contributed by atoms with van der Waals surface area (Å²) in [6.45, 7) is 3.05. The van der Waals surface area contributed by atoms with E-state index in [-0.39, 0.29) is 30.3 Å². The number of hydrogen-bond donors (Lipinski definition) is 2. The average Bonchev–Trinajstić information content (AvgIpc) is 3.06. The van der Waals surface area contributed by atoms with Gasteiger partial charge in [-0.15, -0.1) is 12.4 Å². The van der Waals surface area contributed by atoms with E-state index in [2.05, 4.69) is 10.6 Å². The number of methoxy groups -OCH3 is 1. The SMILES string of the molecule is CNCC(C)C(=O)NCc1ccc(OC)cc1OC1CCCC1.Cl. The summed E-state index contributed by atoms with van der Waals surface area (Å²) in [5.41, 5.74) is 0.989. The molecule has 2 rings (SSSR count). The van der Waals surface area contributed by atoms with Crippen molar-refractivity contribution < 1.29 is 14.3 Å².